The maximum Gasteiger partial charge on any atom is 0.260 e. The van der Waals surface area contributed by atoms with E-state index in [9.17, 15) is 4.79 Å². The van der Waals surface area contributed by atoms with Crippen LogP contribution >= 0.6 is 0 Å². The van der Waals surface area contributed by atoms with E-state index in [4.69, 9.17) is 9.15 Å². The summed E-state index contributed by atoms with van der Waals surface area (Å²) in [6.07, 6.45) is 0. The van der Waals surface area contributed by atoms with E-state index in [1.807, 2.05) is 59.5 Å². The number of ether oxygens (including phenoxy) is 1. The molecule has 2 heterocycles. The second kappa shape index (κ2) is 10.0. The van der Waals surface area contributed by atoms with Crippen LogP contribution in [0, 0.1) is 13.8 Å². The number of rotatable bonds is 6. The Kier molecular flexibility index (Phi) is 6.48. The Bertz CT molecular complexity index is 1310. The first-order valence-electron chi connectivity index (χ1n) is 11.8. The SMILES string of the molecule is Cc1cccc(N2CCN(C(=O)COc3ccccc3-c3nnc(-c4ccccc4)o3)CC2)c1C. The monoisotopic (exact) mass is 468 g/mol. The van der Waals surface area contributed by atoms with Gasteiger partial charge in [-0.2, -0.15) is 0 Å². The summed E-state index contributed by atoms with van der Waals surface area (Å²) < 4.78 is 11.8. The highest BCUT2D eigenvalue weighted by molar-refractivity contribution is 5.78. The van der Waals surface area contributed by atoms with Gasteiger partial charge in [-0.1, -0.05) is 42.5 Å². The first-order valence-corrected chi connectivity index (χ1v) is 11.8. The van der Waals surface area contributed by atoms with Gasteiger partial charge in [0.2, 0.25) is 5.89 Å². The van der Waals surface area contributed by atoms with Crippen molar-refractivity contribution in [3.05, 3.63) is 83.9 Å². The molecule has 1 aromatic heterocycles. The Morgan fingerprint density at radius 2 is 1.57 bits per heavy atom. The number of amides is 1. The summed E-state index contributed by atoms with van der Waals surface area (Å²) in [7, 11) is 0. The molecule has 3 aromatic carbocycles. The molecule has 0 aliphatic carbocycles. The summed E-state index contributed by atoms with van der Waals surface area (Å²) in [6, 6.07) is 23.4. The minimum absolute atomic E-state index is 0.0316. The molecule has 178 valence electrons. The Labute approximate surface area is 205 Å². The summed E-state index contributed by atoms with van der Waals surface area (Å²) in [5, 5.41) is 8.36. The number of carbonyl (C=O) groups is 1. The van der Waals surface area contributed by atoms with E-state index < -0.39 is 0 Å². The maximum atomic E-state index is 12.9. The Hall–Kier alpha value is -4.13. The van der Waals surface area contributed by atoms with E-state index in [0.29, 0.717) is 36.2 Å². The van der Waals surface area contributed by atoms with E-state index in [0.717, 1.165) is 18.7 Å². The molecule has 1 amide bonds. The number of nitrogens with zero attached hydrogens (tertiary/aromatic N) is 4. The molecule has 0 unspecified atom stereocenters. The molecule has 0 atom stereocenters. The molecule has 1 aliphatic rings. The molecule has 0 spiro atoms. The number of piperazine rings is 1. The zero-order valence-corrected chi connectivity index (χ0v) is 20.0. The minimum Gasteiger partial charge on any atom is -0.483 e. The molecule has 35 heavy (non-hydrogen) atoms. The Morgan fingerprint density at radius 1 is 0.857 bits per heavy atom. The molecule has 0 radical (unpaired) electrons. The van der Waals surface area contributed by atoms with Crippen LogP contribution in [0.4, 0.5) is 5.69 Å². The molecular formula is C28H28N4O3. The highest BCUT2D eigenvalue weighted by atomic mass is 16.5. The van der Waals surface area contributed by atoms with Crippen LogP contribution in [0.25, 0.3) is 22.9 Å². The largest absolute Gasteiger partial charge is 0.483 e. The third-order valence-electron chi connectivity index (χ3n) is 6.46. The number of para-hydroxylation sites is 1. The minimum atomic E-state index is -0.0415. The fraction of sp³-hybridized carbons (Fsp3) is 0.250. The van der Waals surface area contributed by atoms with Crippen LogP contribution in [0.15, 0.2) is 77.2 Å². The summed E-state index contributed by atoms with van der Waals surface area (Å²) in [5.41, 5.74) is 5.33. The molecule has 0 saturated carbocycles. The van der Waals surface area contributed by atoms with Crippen LogP contribution < -0.4 is 9.64 Å². The molecule has 0 N–H and O–H groups in total. The number of carbonyl (C=O) groups excluding carboxylic acids is 1. The molecule has 1 fully saturated rings. The van der Waals surface area contributed by atoms with Crippen molar-refractivity contribution < 1.29 is 13.9 Å². The van der Waals surface area contributed by atoms with E-state index >= 15 is 0 Å². The Morgan fingerprint density at radius 3 is 2.37 bits per heavy atom. The van der Waals surface area contributed by atoms with Gasteiger partial charge in [0.15, 0.2) is 6.61 Å². The van der Waals surface area contributed by atoms with Crippen molar-refractivity contribution in [2.45, 2.75) is 13.8 Å². The van der Waals surface area contributed by atoms with Crippen molar-refractivity contribution in [2.75, 3.05) is 37.7 Å². The molecule has 7 heteroatoms. The lowest BCUT2D eigenvalue weighted by Gasteiger charge is -2.37. The zero-order valence-electron chi connectivity index (χ0n) is 20.0. The van der Waals surface area contributed by atoms with E-state index in [-0.39, 0.29) is 12.5 Å². The van der Waals surface area contributed by atoms with Gasteiger partial charge in [0.05, 0.1) is 5.56 Å². The van der Waals surface area contributed by atoms with Crippen molar-refractivity contribution in [3.63, 3.8) is 0 Å². The quantitative estimate of drug-likeness (QED) is 0.407. The van der Waals surface area contributed by atoms with Gasteiger partial charge in [-0.3, -0.25) is 4.79 Å². The molecule has 1 aliphatic heterocycles. The lowest BCUT2D eigenvalue weighted by Crippen LogP contribution is -2.50. The topological polar surface area (TPSA) is 71.7 Å². The first-order chi connectivity index (χ1) is 17.1. The molecule has 0 bridgehead atoms. The predicted molar refractivity (Wildman–Crippen MR) is 135 cm³/mol. The molecular weight excluding hydrogens is 440 g/mol. The fourth-order valence-electron chi connectivity index (χ4n) is 4.30. The van der Waals surface area contributed by atoms with E-state index in [1.165, 1.54) is 16.8 Å². The lowest BCUT2D eigenvalue weighted by molar-refractivity contribution is -0.133. The third-order valence-corrected chi connectivity index (χ3v) is 6.46. The fourth-order valence-corrected chi connectivity index (χ4v) is 4.30. The third kappa shape index (κ3) is 4.89. The van der Waals surface area contributed by atoms with Gasteiger partial charge in [-0.25, -0.2) is 0 Å². The second-order valence-corrected chi connectivity index (χ2v) is 8.65. The van der Waals surface area contributed by atoms with Crippen LogP contribution in [0.3, 0.4) is 0 Å². The highest BCUT2D eigenvalue weighted by Crippen LogP contribution is 2.31. The van der Waals surface area contributed by atoms with Crippen LogP contribution in [0.2, 0.25) is 0 Å². The van der Waals surface area contributed by atoms with Crippen molar-refractivity contribution in [1.29, 1.82) is 0 Å². The highest BCUT2D eigenvalue weighted by Gasteiger charge is 2.23. The van der Waals surface area contributed by atoms with E-state index in [2.05, 4.69) is 47.1 Å². The van der Waals surface area contributed by atoms with Gasteiger partial charge in [-0.15, -0.1) is 10.2 Å². The Balaban J connectivity index is 1.21. The van der Waals surface area contributed by atoms with Crippen LogP contribution in [0.5, 0.6) is 5.75 Å². The predicted octanol–water partition coefficient (Wildman–Crippen LogP) is 4.75. The van der Waals surface area contributed by atoms with Crippen molar-refractivity contribution in [2.24, 2.45) is 0 Å². The number of anilines is 1. The van der Waals surface area contributed by atoms with Gasteiger partial charge < -0.3 is 19.0 Å². The summed E-state index contributed by atoms with van der Waals surface area (Å²) in [6.45, 7) is 7.18. The number of benzene rings is 3. The van der Waals surface area contributed by atoms with E-state index in [1.54, 1.807) is 0 Å². The van der Waals surface area contributed by atoms with Gasteiger partial charge in [0.1, 0.15) is 5.75 Å². The van der Waals surface area contributed by atoms with Gasteiger partial charge in [-0.05, 0) is 55.3 Å². The number of hydrogen-bond acceptors (Lipinski definition) is 6. The van der Waals surface area contributed by atoms with Crippen LogP contribution in [0.1, 0.15) is 11.1 Å². The average molecular weight is 469 g/mol. The smallest absolute Gasteiger partial charge is 0.260 e. The summed E-state index contributed by atoms with van der Waals surface area (Å²) >= 11 is 0. The standard InChI is InChI=1S/C28H28N4O3/c1-20-9-8-13-24(21(20)2)31-15-17-32(18-16-31)26(33)19-34-25-14-7-6-12-23(25)28-30-29-27(35-28)22-10-4-3-5-11-22/h3-14H,15-19H2,1-2H3. The van der Waals surface area contributed by atoms with Crippen LogP contribution in [-0.4, -0.2) is 53.8 Å². The normalized spacial score (nSPS) is 13.7. The first kappa shape index (κ1) is 22.7. The van der Waals surface area contributed by atoms with Crippen molar-refractivity contribution >= 4 is 11.6 Å². The van der Waals surface area contributed by atoms with Crippen molar-refractivity contribution in [3.8, 4) is 28.7 Å². The molecule has 7 nitrogen and oxygen atoms in total. The molecule has 4 aromatic rings. The summed E-state index contributed by atoms with van der Waals surface area (Å²) in [5.74, 6) is 1.30. The average Bonchev–Trinajstić information content (AvgIpc) is 3.40. The zero-order chi connectivity index (χ0) is 24.2. The van der Waals surface area contributed by atoms with Gasteiger partial charge in [0, 0.05) is 37.4 Å². The lowest BCUT2D eigenvalue weighted by atomic mass is 10.1. The maximum absolute atomic E-state index is 12.9. The number of aromatic nitrogens is 2. The second-order valence-electron chi connectivity index (χ2n) is 8.65. The van der Waals surface area contributed by atoms with Gasteiger partial charge >= 0.3 is 0 Å². The van der Waals surface area contributed by atoms with Crippen molar-refractivity contribution in [1.82, 2.24) is 15.1 Å². The number of aryl methyl sites for hydroxylation is 1. The summed E-state index contributed by atoms with van der Waals surface area (Å²) in [4.78, 5) is 17.1. The van der Waals surface area contributed by atoms with Crippen LogP contribution in [-0.2, 0) is 4.79 Å². The number of hydrogen-bond donors (Lipinski definition) is 0. The molecule has 1 saturated heterocycles. The van der Waals surface area contributed by atoms with Gasteiger partial charge in [0.25, 0.3) is 11.8 Å². The molecule has 5 rings (SSSR count).